The molecule has 1 heterocycles. The molecule has 0 aliphatic carbocycles. The van der Waals surface area contributed by atoms with Crippen LogP contribution in [0, 0.1) is 0 Å². The van der Waals surface area contributed by atoms with Crippen molar-refractivity contribution in [2.24, 2.45) is 0 Å². The van der Waals surface area contributed by atoms with Crippen LogP contribution in [-0.4, -0.2) is 47.6 Å². The van der Waals surface area contributed by atoms with Crippen molar-refractivity contribution < 1.29 is 14.7 Å². The van der Waals surface area contributed by atoms with E-state index in [0.717, 1.165) is 22.8 Å². The minimum Gasteiger partial charge on any atom is -0.389 e. The fourth-order valence-electron chi connectivity index (χ4n) is 2.83. The third-order valence-electron chi connectivity index (χ3n) is 4.08. The quantitative estimate of drug-likeness (QED) is 0.674. The summed E-state index contributed by atoms with van der Waals surface area (Å²) < 4.78 is 0. The molecule has 1 aliphatic heterocycles. The van der Waals surface area contributed by atoms with E-state index in [1.807, 2.05) is 31.2 Å². The van der Waals surface area contributed by atoms with Gasteiger partial charge in [-0.2, -0.15) is 0 Å². The first-order valence-corrected chi connectivity index (χ1v) is 8.31. The Bertz CT molecular complexity index is 739. The number of benzene rings is 2. The van der Waals surface area contributed by atoms with Gasteiger partial charge in [0.2, 0.25) is 0 Å². The van der Waals surface area contributed by atoms with Gasteiger partial charge in [-0.25, -0.2) is 0 Å². The zero-order chi connectivity index (χ0) is 17.8. The second-order valence-corrected chi connectivity index (χ2v) is 5.91. The van der Waals surface area contributed by atoms with Gasteiger partial charge in [0, 0.05) is 24.5 Å². The maximum Gasteiger partial charge on any atom is 0.261 e. The molecule has 2 amide bonds. The van der Waals surface area contributed by atoms with E-state index in [0.29, 0.717) is 11.1 Å². The molecule has 0 spiro atoms. The fourth-order valence-corrected chi connectivity index (χ4v) is 2.83. The van der Waals surface area contributed by atoms with E-state index in [9.17, 15) is 14.7 Å². The molecule has 0 saturated carbocycles. The molecule has 25 heavy (non-hydrogen) atoms. The Morgan fingerprint density at radius 1 is 0.920 bits per heavy atom. The van der Waals surface area contributed by atoms with Crippen molar-refractivity contribution in [1.82, 2.24) is 4.90 Å². The molecule has 130 valence electrons. The number of aliphatic hydroxyl groups excluding tert-OH is 1. The van der Waals surface area contributed by atoms with Crippen molar-refractivity contribution in [1.29, 1.82) is 0 Å². The lowest BCUT2D eigenvalue weighted by atomic mass is 10.1. The molecular weight excluding hydrogens is 318 g/mol. The van der Waals surface area contributed by atoms with Gasteiger partial charge in [0.05, 0.1) is 23.8 Å². The Morgan fingerprint density at radius 3 is 1.96 bits per heavy atom. The third kappa shape index (κ3) is 3.64. The number of fused-ring (bicyclic) bond motifs is 1. The third-order valence-corrected chi connectivity index (χ3v) is 4.08. The van der Waals surface area contributed by atoms with Crippen LogP contribution in [0.2, 0.25) is 0 Å². The number of imide groups is 1. The molecule has 2 aromatic rings. The molecule has 0 aromatic heterocycles. The first kappa shape index (κ1) is 17.0. The van der Waals surface area contributed by atoms with Gasteiger partial charge in [0.25, 0.3) is 11.8 Å². The van der Waals surface area contributed by atoms with Crippen LogP contribution in [0.3, 0.4) is 0 Å². The molecule has 3 N–H and O–H groups in total. The predicted octanol–water partition coefficient (Wildman–Crippen LogP) is 2.19. The second kappa shape index (κ2) is 7.36. The maximum atomic E-state index is 12.3. The number of carbonyl (C=O) groups excluding carboxylic acids is 2. The Kier molecular flexibility index (Phi) is 5.00. The molecule has 0 bridgehead atoms. The Morgan fingerprint density at radius 2 is 1.44 bits per heavy atom. The van der Waals surface area contributed by atoms with Crippen LogP contribution in [0.4, 0.5) is 11.4 Å². The SMILES string of the molecule is CCNc1ccc(NCC(O)CN2C(=O)c3ccccc3C2=O)cc1. The number of nitrogens with zero attached hydrogens (tertiary/aromatic N) is 1. The summed E-state index contributed by atoms with van der Waals surface area (Å²) in [5.74, 6) is -0.704. The van der Waals surface area contributed by atoms with Crippen molar-refractivity contribution in [2.75, 3.05) is 30.3 Å². The van der Waals surface area contributed by atoms with Gasteiger partial charge in [0.15, 0.2) is 0 Å². The Hall–Kier alpha value is -2.86. The highest BCUT2D eigenvalue weighted by atomic mass is 16.3. The summed E-state index contributed by atoms with van der Waals surface area (Å²) in [4.78, 5) is 25.7. The average molecular weight is 339 g/mol. The van der Waals surface area contributed by atoms with Crippen LogP contribution in [0.15, 0.2) is 48.5 Å². The average Bonchev–Trinajstić information content (AvgIpc) is 2.87. The highest BCUT2D eigenvalue weighted by Gasteiger charge is 2.35. The first-order valence-electron chi connectivity index (χ1n) is 8.31. The number of anilines is 2. The summed E-state index contributed by atoms with van der Waals surface area (Å²) in [5.41, 5.74) is 2.68. The van der Waals surface area contributed by atoms with Crippen LogP contribution < -0.4 is 10.6 Å². The number of hydrogen-bond donors (Lipinski definition) is 3. The minimum absolute atomic E-state index is 0.0329. The van der Waals surface area contributed by atoms with Crippen LogP contribution in [0.5, 0.6) is 0 Å². The first-order chi connectivity index (χ1) is 12.1. The van der Waals surface area contributed by atoms with Crippen molar-refractivity contribution in [2.45, 2.75) is 13.0 Å². The lowest BCUT2D eigenvalue weighted by molar-refractivity contribution is 0.0558. The number of hydrogen-bond acceptors (Lipinski definition) is 5. The standard InChI is InChI=1S/C19H21N3O3/c1-2-20-13-7-9-14(10-8-13)21-11-15(23)12-22-18(24)16-5-3-4-6-17(16)19(22)25/h3-10,15,20-21,23H,2,11-12H2,1H3. The van der Waals surface area contributed by atoms with E-state index >= 15 is 0 Å². The van der Waals surface area contributed by atoms with Crippen molar-refractivity contribution >= 4 is 23.2 Å². The van der Waals surface area contributed by atoms with Gasteiger partial charge in [-0.1, -0.05) is 12.1 Å². The van der Waals surface area contributed by atoms with E-state index in [4.69, 9.17) is 0 Å². The predicted molar refractivity (Wildman–Crippen MR) is 96.9 cm³/mol. The molecule has 0 saturated heterocycles. The molecule has 3 rings (SSSR count). The molecule has 1 unspecified atom stereocenters. The summed E-state index contributed by atoms with van der Waals surface area (Å²) in [5, 5.41) is 16.5. The van der Waals surface area contributed by atoms with Gasteiger partial charge in [0.1, 0.15) is 0 Å². The molecule has 2 aromatic carbocycles. The van der Waals surface area contributed by atoms with Gasteiger partial charge in [-0.05, 0) is 43.3 Å². The number of carbonyl (C=O) groups is 2. The van der Waals surface area contributed by atoms with Gasteiger partial charge < -0.3 is 15.7 Å². The van der Waals surface area contributed by atoms with Gasteiger partial charge in [-0.15, -0.1) is 0 Å². The number of nitrogens with one attached hydrogen (secondary N) is 2. The van der Waals surface area contributed by atoms with Crippen LogP contribution >= 0.6 is 0 Å². The lowest BCUT2D eigenvalue weighted by Gasteiger charge is -2.19. The Balaban J connectivity index is 1.55. The van der Waals surface area contributed by atoms with Crippen LogP contribution in [-0.2, 0) is 0 Å². The van der Waals surface area contributed by atoms with Gasteiger partial charge >= 0.3 is 0 Å². The number of amides is 2. The molecule has 0 radical (unpaired) electrons. The molecule has 6 nitrogen and oxygen atoms in total. The summed E-state index contributed by atoms with van der Waals surface area (Å²) >= 11 is 0. The molecule has 1 atom stereocenters. The topological polar surface area (TPSA) is 81.7 Å². The lowest BCUT2D eigenvalue weighted by Crippen LogP contribution is -2.39. The molecule has 0 fully saturated rings. The van der Waals surface area contributed by atoms with E-state index in [1.165, 1.54) is 0 Å². The summed E-state index contributed by atoms with van der Waals surface area (Å²) in [7, 11) is 0. The molecule has 1 aliphatic rings. The smallest absolute Gasteiger partial charge is 0.261 e. The van der Waals surface area contributed by atoms with Crippen molar-refractivity contribution in [3.63, 3.8) is 0 Å². The van der Waals surface area contributed by atoms with Crippen LogP contribution in [0.25, 0.3) is 0 Å². The van der Waals surface area contributed by atoms with E-state index < -0.39 is 6.10 Å². The summed E-state index contributed by atoms with van der Waals surface area (Å²) in [6.07, 6.45) is -0.851. The number of aliphatic hydroxyl groups is 1. The van der Waals surface area contributed by atoms with E-state index in [1.54, 1.807) is 24.3 Å². The van der Waals surface area contributed by atoms with Crippen LogP contribution in [0.1, 0.15) is 27.6 Å². The van der Waals surface area contributed by atoms with Crippen molar-refractivity contribution in [3.8, 4) is 0 Å². The normalized spacial score (nSPS) is 14.4. The minimum atomic E-state index is -0.851. The van der Waals surface area contributed by atoms with E-state index in [2.05, 4.69) is 10.6 Å². The zero-order valence-electron chi connectivity index (χ0n) is 14.0. The Labute approximate surface area is 146 Å². The largest absolute Gasteiger partial charge is 0.389 e. The van der Waals surface area contributed by atoms with Crippen molar-refractivity contribution in [3.05, 3.63) is 59.7 Å². The number of rotatable bonds is 7. The maximum absolute atomic E-state index is 12.3. The summed E-state index contributed by atoms with van der Waals surface area (Å²) in [6, 6.07) is 14.4. The molecule has 6 heteroatoms. The monoisotopic (exact) mass is 339 g/mol. The van der Waals surface area contributed by atoms with Gasteiger partial charge in [-0.3, -0.25) is 14.5 Å². The highest BCUT2D eigenvalue weighted by Crippen LogP contribution is 2.22. The number of β-amino-alcohol motifs (C(OH)–C–C–N with tert-alkyl or cyclic N) is 1. The van der Waals surface area contributed by atoms with E-state index in [-0.39, 0.29) is 24.9 Å². The summed E-state index contributed by atoms with van der Waals surface area (Å²) in [6.45, 7) is 3.09. The highest BCUT2D eigenvalue weighted by molar-refractivity contribution is 6.21. The second-order valence-electron chi connectivity index (χ2n) is 5.91. The zero-order valence-corrected chi connectivity index (χ0v) is 14.0. The molecular formula is C19H21N3O3. The fraction of sp³-hybridized carbons (Fsp3) is 0.263.